The number of aryl methyl sites for hydroxylation is 2. The predicted molar refractivity (Wildman–Crippen MR) is 201 cm³/mol. The van der Waals surface area contributed by atoms with Crippen molar-refractivity contribution in [1.29, 1.82) is 0 Å². The van der Waals surface area contributed by atoms with Gasteiger partial charge >= 0.3 is 12.1 Å². The van der Waals surface area contributed by atoms with Gasteiger partial charge < -0.3 is 45.9 Å². The van der Waals surface area contributed by atoms with Crippen LogP contribution in [-0.4, -0.2) is 125 Å². The zero-order chi connectivity index (χ0) is 41.5. The van der Waals surface area contributed by atoms with E-state index in [0.29, 0.717) is 17.7 Å². The number of Topliss-reactive ketones (excluding diaryl/α,β-unsaturated/α-hetero) is 2. The molecule has 0 saturated carbocycles. The summed E-state index contributed by atoms with van der Waals surface area (Å²) in [6, 6.07) is 5.46. The number of nitrogens with zero attached hydrogens (tertiary/aromatic N) is 3. The first kappa shape index (κ1) is 41.2. The summed E-state index contributed by atoms with van der Waals surface area (Å²) < 4.78 is 10.2. The number of fused-ring (bicyclic) bond motifs is 3. The van der Waals surface area contributed by atoms with E-state index >= 15 is 0 Å². The second kappa shape index (κ2) is 15.7. The molecule has 0 radical (unpaired) electrons. The number of carbonyl (C=O) groups is 6. The molecule has 3 aliphatic carbocycles. The number of nitrogens with two attached hydrogens (primary N) is 1. The highest BCUT2D eigenvalue weighted by Crippen LogP contribution is 2.54. The van der Waals surface area contributed by atoms with Gasteiger partial charge in [0.05, 0.1) is 22.9 Å². The molecule has 3 aliphatic rings. The number of rotatable bonds is 11. The SMILES string of the molecule is CCCN(CC(=O)Nc1cc(N(C)C)c2c(c1O)C(=O)C1=C(O)[C@]3(O)C(=O)C(C(N)=O)=C(O)[C@@H](N(C)C)[C@@H]3C[C@@H]1C2)C(=O)OCOC(=O)c1cc(C)cc(C)c1. The maximum atomic E-state index is 14.3. The van der Waals surface area contributed by atoms with Crippen LogP contribution >= 0.6 is 0 Å². The number of aliphatic hydroxyl groups is 3. The maximum Gasteiger partial charge on any atom is 0.413 e. The first-order valence-electron chi connectivity index (χ1n) is 17.9. The van der Waals surface area contributed by atoms with Crippen molar-refractivity contribution < 1.29 is 58.7 Å². The number of ether oxygens (including phenoxy) is 2. The number of aromatic hydroxyl groups is 1. The van der Waals surface area contributed by atoms with Crippen LogP contribution in [-0.2, 0) is 30.3 Å². The van der Waals surface area contributed by atoms with Gasteiger partial charge in [0.1, 0.15) is 23.6 Å². The minimum Gasteiger partial charge on any atom is -0.510 e. The first-order chi connectivity index (χ1) is 26.2. The number of primary amides is 1. The van der Waals surface area contributed by atoms with E-state index in [9.17, 15) is 49.2 Å². The van der Waals surface area contributed by atoms with Crippen molar-refractivity contribution >= 4 is 46.8 Å². The third-order valence-electron chi connectivity index (χ3n) is 10.4. The molecule has 7 N–H and O–H groups in total. The number of hydrogen-bond acceptors (Lipinski definition) is 14. The van der Waals surface area contributed by atoms with Gasteiger partial charge in [-0.25, -0.2) is 9.59 Å². The molecule has 0 fully saturated rings. The highest BCUT2D eigenvalue weighted by atomic mass is 16.7. The summed E-state index contributed by atoms with van der Waals surface area (Å²) in [6.45, 7) is 4.21. The molecule has 4 atom stereocenters. The molecule has 2 aromatic carbocycles. The van der Waals surface area contributed by atoms with Crippen molar-refractivity contribution in [3.05, 3.63) is 74.7 Å². The topological polar surface area (TPSA) is 250 Å². The number of allylic oxidation sites excluding steroid dienone is 1. The van der Waals surface area contributed by atoms with Crippen molar-refractivity contribution in [1.82, 2.24) is 9.80 Å². The van der Waals surface area contributed by atoms with E-state index in [1.54, 1.807) is 52.1 Å². The van der Waals surface area contributed by atoms with Crippen LogP contribution in [0.5, 0.6) is 5.75 Å². The fourth-order valence-corrected chi connectivity index (χ4v) is 8.06. The Balaban J connectivity index is 1.41. The van der Waals surface area contributed by atoms with E-state index in [0.717, 1.165) is 16.0 Å². The van der Waals surface area contributed by atoms with Gasteiger partial charge in [0, 0.05) is 37.8 Å². The van der Waals surface area contributed by atoms with Crippen molar-refractivity contribution in [2.45, 2.75) is 51.7 Å². The molecule has 0 heterocycles. The summed E-state index contributed by atoms with van der Waals surface area (Å²) in [5.74, 6) is -9.46. The summed E-state index contributed by atoms with van der Waals surface area (Å²) >= 11 is 0. The number of likely N-dealkylation sites (N-methyl/N-ethyl adjacent to an activating group) is 1. The van der Waals surface area contributed by atoms with Crippen LogP contribution in [0.25, 0.3) is 0 Å². The van der Waals surface area contributed by atoms with Gasteiger partial charge in [0.15, 0.2) is 17.1 Å². The van der Waals surface area contributed by atoms with Gasteiger partial charge in [-0.05, 0) is 76.9 Å². The van der Waals surface area contributed by atoms with E-state index < -0.39 is 95.1 Å². The number of aliphatic hydroxyl groups excluding tert-OH is 2. The zero-order valence-electron chi connectivity index (χ0n) is 32.3. The maximum absolute atomic E-state index is 14.3. The van der Waals surface area contributed by atoms with Crippen LogP contribution in [0.4, 0.5) is 16.2 Å². The minimum atomic E-state index is -2.81. The molecule has 56 heavy (non-hydrogen) atoms. The normalized spacial score (nSPS) is 21.6. The fraction of sp³-hybridized carbons (Fsp3) is 0.436. The number of phenolic OH excluding ortho intramolecular Hbond substituents is 1. The van der Waals surface area contributed by atoms with Crippen LogP contribution in [0.3, 0.4) is 0 Å². The molecule has 3 amide bonds. The highest BCUT2D eigenvalue weighted by Gasteiger charge is 2.63. The summed E-state index contributed by atoms with van der Waals surface area (Å²) in [7, 11) is 6.43. The Kier molecular flexibility index (Phi) is 11.5. The number of carbonyl (C=O) groups excluding carboxylic acids is 6. The first-order valence-corrected chi connectivity index (χ1v) is 17.9. The number of esters is 1. The number of ketones is 2. The Morgan fingerprint density at radius 2 is 1.62 bits per heavy atom. The number of phenols is 1. The number of anilines is 2. The van der Waals surface area contributed by atoms with Crippen molar-refractivity contribution in [3.63, 3.8) is 0 Å². The number of benzene rings is 2. The van der Waals surface area contributed by atoms with E-state index in [-0.39, 0.29) is 41.8 Å². The average molecular weight is 778 g/mol. The molecule has 0 aliphatic heterocycles. The van der Waals surface area contributed by atoms with Crippen LogP contribution in [0.2, 0.25) is 0 Å². The highest BCUT2D eigenvalue weighted by molar-refractivity contribution is 6.25. The molecule has 0 aromatic heterocycles. The van der Waals surface area contributed by atoms with Gasteiger partial charge in [0.2, 0.25) is 18.5 Å². The monoisotopic (exact) mass is 777 g/mol. The molecule has 17 nitrogen and oxygen atoms in total. The van der Waals surface area contributed by atoms with E-state index in [1.807, 2.05) is 19.9 Å². The number of amides is 3. The smallest absolute Gasteiger partial charge is 0.413 e. The Bertz CT molecular complexity index is 2070. The lowest BCUT2D eigenvalue weighted by Crippen LogP contribution is -2.63. The number of nitrogens with one attached hydrogen (secondary N) is 1. The number of hydrogen-bond donors (Lipinski definition) is 6. The Labute approximate surface area is 322 Å². The van der Waals surface area contributed by atoms with Crippen LogP contribution < -0.4 is 16.0 Å². The fourth-order valence-electron chi connectivity index (χ4n) is 8.06. The Morgan fingerprint density at radius 3 is 2.20 bits per heavy atom. The Hall–Kier alpha value is -5.94. The quantitative estimate of drug-likeness (QED) is 0.0830. The lowest BCUT2D eigenvalue weighted by Gasteiger charge is -2.50. The molecule has 0 bridgehead atoms. The van der Waals surface area contributed by atoms with E-state index in [1.165, 1.54) is 11.0 Å². The third kappa shape index (κ3) is 7.26. The minimum absolute atomic E-state index is 0.0357. The van der Waals surface area contributed by atoms with Crippen molar-refractivity contribution in [2.24, 2.45) is 17.6 Å². The van der Waals surface area contributed by atoms with Gasteiger partial charge in [-0.15, -0.1) is 0 Å². The molecule has 17 heteroatoms. The third-order valence-corrected chi connectivity index (χ3v) is 10.4. The molecular weight excluding hydrogens is 730 g/mol. The lowest BCUT2D eigenvalue weighted by atomic mass is 9.58. The van der Waals surface area contributed by atoms with Crippen molar-refractivity contribution in [2.75, 3.05) is 58.3 Å². The zero-order valence-corrected chi connectivity index (χ0v) is 32.3. The molecule has 0 saturated heterocycles. The Morgan fingerprint density at radius 1 is 0.982 bits per heavy atom. The van der Waals surface area contributed by atoms with E-state index in [4.69, 9.17) is 15.2 Å². The van der Waals surface area contributed by atoms with Gasteiger partial charge in [-0.1, -0.05) is 24.1 Å². The van der Waals surface area contributed by atoms with Crippen molar-refractivity contribution in [3.8, 4) is 5.75 Å². The largest absolute Gasteiger partial charge is 0.510 e. The molecule has 5 rings (SSSR count). The summed E-state index contributed by atoms with van der Waals surface area (Å²) in [6.07, 6.45) is -0.581. The van der Waals surface area contributed by atoms with Gasteiger partial charge in [0.25, 0.3) is 5.91 Å². The second-order valence-electron chi connectivity index (χ2n) is 14.8. The summed E-state index contributed by atoms with van der Waals surface area (Å²) in [5.41, 5.74) is 3.56. The molecular formula is C39H47N5O12. The second-order valence-corrected chi connectivity index (χ2v) is 14.8. The average Bonchev–Trinajstić information content (AvgIpc) is 3.09. The predicted octanol–water partition coefficient (Wildman–Crippen LogP) is 2.41. The van der Waals surface area contributed by atoms with E-state index in [2.05, 4.69) is 5.32 Å². The van der Waals surface area contributed by atoms with Gasteiger partial charge in [-0.3, -0.25) is 29.0 Å². The standard InChI is InChI=1S/C39H47N5O12/c1-8-9-44(38(53)56-17-55-37(52)21-11-18(2)10-19(3)12-21)16-26(45)41-24-15-25(42(4)5)22-13-20-14-23-30(43(6)7)33(48)29(36(40)51)35(50)39(23,54)34(49)27(20)32(47)28(22)31(24)46/h10-12,15,20,23,30,46,48-49,54H,8-9,13-14,16-17H2,1-7H3,(H2,40,51)(H,41,45)/t20-,23-,30-,39-/m0/s1. The molecule has 300 valence electrons. The molecule has 0 spiro atoms. The van der Waals surface area contributed by atoms with Crippen LogP contribution in [0, 0.1) is 25.7 Å². The summed E-state index contributed by atoms with van der Waals surface area (Å²) in [4.78, 5) is 83.3. The van der Waals surface area contributed by atoms with Gasteiger partial charge in [-0.2, -0.15) is 0 Å². The summed E-state index contributed by atoms with van der Waals surface area (Å²) in [5, 5.41) is 48.6. The van der Waals surface area contributed by atoms with Crippen LogP contribution in [0.1, 0.15) is 57.2 Å². The van der Waals surface area contributed by atoms with Crippen LogP contribution in [0.15, 0.2) is 46.9 Å². The lowest BCUT2D eigenvalue weighted by molar-refractivity contribution is -0.148. The molecule has 0 unspecified atom stereocenters. The molecule has 2 aromatic rings.